The molecule has 4 heteroatoms. The van der Waals surface area contributed by atoms with E-state index in [1.54, 1.807) is 0 Å². The molecule has 0 aliphatic heterocycles. The van der Waals surface area contributed by atoms with Gasteiger partial charge >= 0.3 is 0 Å². The van der Waals surface area contributed by atoms with Crippen LogP contribution in [-0.2, 0) is 0 Å². The van der Waals surface area contributed by atoms with Crippen LogP contribution in [0.2, 0.25) is 0 Å². The molecule has 1 heterocycles. The van der Waals surface area contributed by atoms with Crippen LogP contribution in [0.4, 0.5) is 5.69 Å². The van der Waals surface area contributed by atoms with E-state index in [9.17, 15) is 4.79 Å². The largest absolute Gasteiger partial charge is 0.436 e. The number of benzene rings is 4. The van der Waals surface area contributed by atoms with E-state index in [0.29, 0.717) is 17.1 Å². The van der Waals surface area contributed by atoms with Gasteiger partial charge in [-0.15, -0.1) is 0 Å². The van der Waals surface area contributed by atoms with Gasteiger partial charge in [-0.3, -0.25) is 4.79 Å². The number of amides is 1. The van der Waals surface area contributed by atoms with Crippen LogP contribution in [-0.4, -0.2) is 10.9 Å². The average Bonchev–Trinajstić information content (AvgIpc) is 3.19. The summed E-state index contributed by atoms with van der Waals surface area (Å²) in [6.45, 7) is 2.05. The molecule has 0 aliphatic rings. The van der Waals surface area contributed by atoms with Gasteiger partial charge in [0, 0.05) is 16.8 Å². The van der Waals surface area contributed by atoms with E-state index >= 15 is 0 Å². The van der Waals surface area contributed by atoms with E-state index in [0.717, 1.165) is 33.0 Å². The Kier molecular flexibility index (Phi) is 4.10. The summed E-state index contributed by atoms with van der Waals surface area (Å²) in [7, 11) is 0. The Morgan fingerprint density at radius 1 is 0.862 bits per heavy atom. The molecular formula is C25H18N2O2. The van der Waals surface area contributed by atoms with Crippen molar-refractivity contribution < 1.29 is 9.21 Å². The van der Waals surface area contributed by atoms with Crippen LogP contribution in [0.3, 0.4) is 0 Å². The Balaban J connectivity index is 1.48. The van der Waals surface area contributed by atoms with Crippen LogP contribution in [0.5, 0.6) is 0 Å². The Morgan fingerprint density at radius 3 is 2.52 bits per heavy atom. The zero-order chi connectivity index (χ0) is 19.8. The number of anilines is 1. The molecule has 4 aromatic carbocycles. The maximum absolute atomic E-state index is 13.0. The average molecular weight is 378 g/mol. The minimum atomic E-state index is -0.143. The summed E-state index contributed by atoms with van der Waals surface area (Å²) in [6, 6.07) is 27.0. The zero-order valence-electron chi connectivity index (χ0n) is 15.8. The van der Waals surface area contributed by atoms with E-state index in [4.69, 9.17) is 4.42 Å². The molecular weight excluding hydrogens is 360 g/mol. The smallest absolute Gasteiger partial charge is 0.256 e. The third-order valence-electron chi connectivity index (χ3n) is 5.05. The Labute approximate surface area is 167 Å². The van der Waals surface area contributed by atoms with Gasteiger partial charge < -0.3 is 9.73 Å². The number of rotatable bonds is 3. The number of para-hydroxylation sites is 2. The van der Waals surface area contributed by atoms with Crippen molar-refractivity contribution >= 4 is 33.5 Å². The lowest BCUT2D eigenvalue weighted by Gasteiger charge is -2.10. The molecule has 0 bridgehead atoms. The van der Waals surface area contributed by atoms with Gasteiger partial charge in [0.1, 0.15) is 5.52 Å². The van der Waals surface area contributed by atoms with Crippen molar-refractivity contribution in [3.63, 3.8) is 0 Å². The predicted octanol–water partition coefficient (Wildman–Crippen LogP) is 6.21. The van der Waals surface area contributed by atoms with Gasteiger partial charge in [0.15, 0.2) is 5.58 Å². The number of oxazole rings is 1. The van der Waals surface area contributed by atoms with Gasteiger partial charge in [0.25, 0.3) is 5.91 Å². The highest BCUT2D eigenvalue weighted by Gasteiger charge is 2.13. The molecule has 1 N–H and O–H groups in total. The Morgan fingerprint density at radius 2 is 1.66 bits per heavy atom. The third-order valence-corrected chi connectivity index (χ3v) is 5.05. The number of nitrogens with one attached hydrogen (secondary N) is 1. The quantitative estimate of drug-likeness (QED) is 0.406. The van der Waals surface area contributed by atoms with Gasteiger partial charge in [-0.1, -0.05) is 48.5 Å². The van der Waals surface area contributed by atoms with E-state index in [1.807, 2.05) is 91.9 Å². The SMILES string of the molecule is Cc1ccc(C(=O)Nc2cccc(-c3nc4ccccc4o3)c2)c2ccccc12. The van der Waals surface area contributed by atoms with Gasteiger partial charge in [-0.2, -0.15) is 0 Å². The second-order valence-corrected chi connectivity index (χ2v) is 7.00. The van der Waals surface area contributed by atoms with Crippen LogP contribution < -0.4 is 5.32 Å². The zero-order valence-corrected chi connectivity index (χ0v) is 15.8. The predicted molar refractivity (Wildman–Crippen MR) is 116 cm³/mol. The summed E-state index contributed by atoms with van der Waals surface area (Å²) in [5, 5.41) is 5.03. The van der Waals surface area contributed by atoms with Crippen LogP contribution in [0.15, 0.2) is 89.3 Å². The van der Waals surface area contributed by atoms with E-state index < -0.39 is 0 Å². The van der Waals surface area contributed by atoms with Crippen LogP contribution in [0.1, 0.15) is 15.9 Å². The molecule has 1 amide bonds. The highest BCUT2D eigenvalue weighted by atomic mass is 16.3. The van der Waals surface area contributed by atoms with E-state index in [2.05, 4.69) is 10.3 Å². The first-order chi connectivity index (χ1) is 14.2. The van der Waals surface area contributed by atoms with Gasteiger partial charge in [0.05, 0.1) is 0 Å². The maximum Gasteiger partial charge on any atom is 0.256 e. The van der Waals surface area contributed by atoms with Gasteiger partial charge in [-0.25, -0.2) is 4.98 Å². The monoisotopic (exact) mass is 378 g/mol. The molecule has 0 unspecified atom stereocenters. The lowest BCUT2D eigenvalue weighted by molar-refractivity contribution is 0.102. The number of hydrogen-bond acceptors (Lipinski definition) is 3. The Hall–Kier alpha value is -3.92. The molecule has 1 aromatic heterocycles. The minimum Gasteiger partial charge on any atom is -0.436 e. The molecule has 0 radical (unpaired) electrons. The van der Waals surface area contributed by atoms with Crippen molar-refractivity contribution in [2.45, 2.75) is 6.92 Å². The molecule has 0 atom stereocenters. The second kappa shape index (κ2) is 6.91. The number of aryl methyl sites for hydroxylation is 1. The van der Waals surface area contributed by atoms with Crippen molar-refractivity contribution in [1.29, 1.82) is 0 Å². The first kappa shape index (κ1) is 17.2. The summed E-state index contributed by atoms with van der Waals surface area (Å²) >= 11 is 0. The van der Waals surface area contributed by atoms with E-state index in [-0.39, 0.29) is 5.91 Å². The first-order valence-corrected chi connectivity index (χ1v) is 9.45. The summed E-state index contributed by atoms with van der Waals surface area (Å²) in [6.07, 6.45) is 0. The molecule has 0 saturated carbocycles. The highest BCUT2D eigenvalue weighted by Crippen LogP contribution is 2.27. The van der Waals surface area contributed by atoms with E-state index in [1.165, 1.54) is 0 Å². The fourth-order valence-electron chi connectivity index (χ4n) is 3.57. The van der Waals surface area contributed by atoms with Crippen molar-refractivity contribution in [2.75, 3.05) is 5.32 Å². The lowest BCUT2D eigenvalue weighted by Crippen LogP contribution is -2.12. The molecule has 29 heavy (non-hydrogen) atoms. The number of hydrogen-bond donors (Lipinski definition) is 1. The molecule has 0 saturated heterocycles. The highest BCUT2D eigenvalue weighted by molar-refractivity contribution is 6.13. The van der Waals surface area contributed by atoms with Gasteiger partial charge in [0.2, 0.25) is 5.89 Å². The van der Waals surface area contributed by atoms with Crippen LogP contribution in [0.25, 0.3) is 33.3 Å². The summed E-state index contributed by atoms with van der Waals surface area (Å²) < 4.78 is 5.85. The van der Waals surface area contributed by atoms with Crippen LogP contribution in [0, 0.1) is 6.92 Å². The Bertz CT molecular complexity index is 1330. The lowest BCUT2D eigenvalue weighted by atomic mass is 10.00. The number of aromatic nitrogens is 1. The molecule has 0 spiro atoms. The number of carbonyl (C=O) groups excluding carboxylic acids is 1. The third kappa shape index (κ3) is 3.15. The molecule has 0 aliphatic carbocycles. The number of carbonyl (C=O) groups is 1. The fraction of sp³-hybridized carbons (Fsp3) is 0.0400. The van der Waals surface area contributed by atoms with Crippen LogP contribution >= 0.6 is 0 Å². The minimum absolute atomic E-state index is 0.143. The number of nitrogens with zero attached hydrogens (tertiary/aromatic N) is 1. The van der Waals surface area contributed by atoms with Crippen molar-refractivity contribution in [3.05, 3.63) is 96.1 Å². The molecule has 140 valence electrons. The maximum atomic E-state index is 13.0. The first-order valence-electron chi connectivity index (χ1n) is 9.45. The van der Waals surface area contributed by atoms with Gasteiger partial charge in [-0.05, 0) is 59.7 Å². The molecule has 4 nitrogen and oxygen atoms in total. The fourth-order valence-corrected chi connectivity index (χ4v) is 3.57. The van der Waals surface area contributed by atoms with Crippen molar-refractivity contribution in [3.8, 4) is 11.5 Å². The standard InChI is InChI=1S/C25H18N2O2/c1-16-13-14-21(20-10-3-2-9-19(16)20)24(28)26-18-8-6-7-17(15-18)25-27-22-11-4-5-12-23(22)29-25/h2-15H,1H3,(H,26,28). The molecule has 0 fully saturated rings. The van der Waals surface area contributed by atoms with Crippen molar-refractivity contribution in [2.24, 2.45) is 0 Å². The topological polar surface area (TPSA) is 55.1 Å². The molecule has 5 aromatic rings. The summed E-state index contributed by atoms with van der Waals surface area (Å²) in [5.41, 5.74) is 4.85. The normalized spacial score (nSPS) is 11.1. The number of fused-ring (bicyclic) bond motifs is 2. The van der Waals surface area contributed by atoms with Crippen molar-refractivity contribution in [1.82, 2.24) is 4.98 Å². The molecule has 5 rings (SSSR count). The second-order valence-electron chi connectivity index (χ2n) is 7.00. The summed E-state index contributed by atoms with van der Waals surface area (Å²) in [4.78, 5) is 17.5. The summed E-state index contributed by atoms with van der Waals surface area (Å²) in [5.74, 6) is 0.388.